The van der Waals surface area contributed by atoms with Crippen molar-refractivity contribution in [2.75, 3.05) is 19.7 Å². The monoisotopic (exact) mass is 479 g/mol. The maximum absolute atomic E-state index is 13.2. The van der Waals surface area contributed by atoms with Gasteiger partial charge in [0.2, 0.25) is 5.91 Å². The molecule has 1 aliphatic heterocycles. The van der Waals surface area contributed by atoms with Gasteiger partial charge in [0.15, 0.2) is 4.96 Å². The van der Waals surface area contributed by atoms with Crippen LogP contribution in [0.4, 0.5) is 0 Å². The first-order valence-corrected chi connectivity index (χ1v) is 12.6. The van der Waals surface area contributed by atoms with Gasteiger partial charge in [-0.15, -0.1) is 11.3 Å². The van der Waals surface area contributed by atoms with Crippen LogP contribution >= 0.6 is 22.9 Å². The molecule has 1 fully saturated rings. The molecule has 5 rings (SSSR count). The highest BCUT2D eigenvalue weighted by atomic mass is 35.5. The predicted molar refractivity (Wildman–Crippen MR) is 133 cm³/mol. The fraction of sp³-hybridized carbons (Fsp3) is 0.308. The van der Waals surface area contributed by atoms with Gasteiger partial charge in [-0.1, -0.05) is 54.1 Å². The van der Waals surface area contributed by atoms with E-state index < -0.39 is 0 Å². The molecule has 3 heterocycles. The van der Waals surface area contributed by atoms with E-state index in [1.165, 1.54) is 0 Å². The molecule has 0 radical (unpaired) electrons. The van der Waals surface area contributed by atoms with Crippen LogP contribution in [0.25, 0.3) is 16.2 Å². The molecular formula is C26H26ClN3O2S. The highest BCUT2D eigenvalue weighted by Crippen LogP contribution is 2.25. The number of nitrogens with zero attached hydrogens (tertiary/aromatic N) is 3. The molecule has 0 aliphatic carbocycles. The third-order valence-corrected chi connectivity index (χ3v) is 7.20. The Hall–Kier alpha value is -2.67. The van der Waals surface area contributed by atoms with E-state index in [1.54, 1.807) is 11.3 Å². The van der Waals surface area contributed by atoms with Crippen molar-refractivity contribution < 1.29 is 9.53 Å². The maximum atomic E-state index is 13.2. The average molecular weight is 480 g/mol. The van der Waals surface area contributed by atoms with E-state index in [2.05, 4.69) is 16.0 Å². The number of benzene rings is 2. The summed E-state index contributed by atoms with van der Waals surface area (Å²) in [6.07, 6.45) is 5.47. The number of hydrogen-bond acceptors (Lipinski definition) is 4. The van der Waals surface area contributed by atoms with Crippen molar-refractivity contribution in [2.45, 2.75) is 31.8 Å². The fourth-order valence-corrected chi connectivity index (χ4v) is 5.29. The number of carbonyl (C=O) groups is 1. The third-order valence-electron chi connectivity index (χ3n) is 6.06. The zero-order valence-corrected chi connectivity index (χ0v) is 19.9. The number of halogens is 1. The molecule has 1 saturated heterocycles. The van der Waals surface area contributed by atoms with Gasteiger partial charge >= 0.3 is 0 Å². The van der Waals surface area contributed by atoms with Gasteiger partial charge in [0.05, 0.1) is 18.2 Å². The van der Waals surface area contributed by atoms with Crippen molar-refractivity contribution >= 4 is 33.8 Å². The van der Waals surface area contributed by atoms with Crippen LogP contribution in [0, 0.1) is 0 Å². The molecule has 2 aromatic carbocycles. The summed E-state index contributed by atoms with van der Waals surface area (Å²) in [4.78, 5) is 20.9. The summed E-state index contributed by atoms with van der Waals surface area (Å²) in [5, 5.41) is 2.85. The lowest BCUT2D eigenvalue weighted by Crippen LogP contribution is -2.39. The first kappa shape index (κ1) is 22.1. The summed E-state index contributed by atoms with van der Waals surface area (Å²) >= 11 is 7.65. The van der Waals surface area contributed by atoms with E-state index in [9.17, 15) is 4.79 Å². The van der Waals surface area contributed by atoms with Crippen LogP contribution in [0.2, 0.25) is 5.02 Å². The molecule has 0 N–H and O–H groups in total. The molecule has 0 bridgehead atoms. The lowest BCUT2D eigenvalue weighted by atomic mass is 10.1. The Morgan fingerprint density at radius 2 is 2.00 bits per heavy atom. The normalized spacial score (nSPS) is 15.8. The lowest BCUT2D eigenvalue weighted by Gasteiger charge is -2.25. The van der Waals surface area contributed by atoms with E-state index in [1.807, 2.05) is 59.5 Å². The first-order chi connectivity index (χ1) is 16.2. The summed E-state index contributed by atoms with van der Waals surface area (Å²) in [5.41, 5.74) is 4.17. The Morgan fingerprint density at radius 3 is 2.76 bits per heavy atom. The van der Waals surface area contributed by atoms with Gasteiger partial charge in [-0.25, -0.2) is 4.98 Å². The number of carbonyl (C=O) groups excluding carboxylic acids is 1. The fourth-order valence-electron chi connectivity index (χ4n) is 4.25. The zero-order valence-electron chi connectivity index (χ0n) is 18.3. The lowest BCUT2D eigenvalue weighted by molar-refractivity contribution is -0.132. The number of thiazole rings is 1. The van der Waals surface area contributed by atoms with Crippen LogP contribution in [0.15, 0.2) is 66.2 Å². The van der Waals surface area contributed by atoms with Gasteiger partial charge in [-0.2, -0.15) is 0 Å². The summed E-state index contributed by atoms with van der Waals surface area (Å²) in [7, 11) is 0. The van der Waals surface area contributed by atoms with Crippen molar-refractivity contribution in [1.29, 1.82) is 0 Å². The maximum Gasteiger partial charge on any atom is 0.227 e. The number of amides is 1. The van der Waals surface area contributed by atoms with Gasteiger partial charge in [-0.05, 0) is 30.5 Å². The number of imidazole rings is 1. The molecular weight excluding hydrogens is 454 g/mol. The molecule has 33 heavy (non-hydrogen) atoms. The Morgan fingerprint density at radius 1 is 1.18 bits per heavy atom. The van der Waals surface area contributed by atoms with Crippen LogP contribution in [-0.4, -0.2) is 46.0 Å². The van der Waals surface area contributed by atoms with Gasteiger partial charge in [0.25, 0.3) is 0 Å². The van der Waals surface area contributed by atoms with Crippen molar-refractivity contribution in [2.24, 2.45) is 0 Å². The molecule has 170 valence electrons. The van der Waals surface area contributed by atoms with Crippen molar-refractivity contribution in [3.05, 3.63) is 82.5 Å². The second kappa shape index (κ2) is 10.1. The number of fused-ring (bicyclic) bond motifs is 1. The Kier molecular flexibility index (Phi) is 6.76. The summed E-state index contributed by atoms with van der Waals surface area (Å²) in [5.74, 6) is 0.149. The number of hydrogen-bond donors (Lipinski definition) is 0. The molecule has 5 nitrogen and oxygen atoms in total. The number of rotatable bonds is 8. The van der Waals surface area contributed by atoms with Crippen LogP contribution in [0.3, 0.4) is 0 Å². The molecule has 1 unspecified atom stereocenters. The second-order valence-electron chi connectivity index (χ2n) is 8.40. The van der Waals surface area contributed by atoms with Crippen LogP contribution in [0.5, 0.6) is 0 Å². The highest BCUT2D eigenvalue weighted by Gasteiger charge is 2.23. The Labute approximate surface area is 202 Å². The summed E-state index contributed by atoms with van der Waals surface area (Å²) in [6.45, 7) is 2.10. The SMILES string of the molecule is O=C(Cc1ccccc1)N(CCc1csc2nc(-c3ccc(Cl)cc3)cn12)CC1CCCO1. The van der Waals surface area contributed by atoms with Gasteiger partial charge < -0.3 is 9.64 Å². The third kappa shape index (κ3) is 5.29. The highest BCUT2D eigenvalue weighted by molar-refractivity contribution is 7.15. The molecule has 1 atom stereocenters. The minimum atomic E-state index is 0.136. The molecule has 1 aliphatic rings. The quantitative estimate of drug-likeness (QED) is 0.335. The first-order valence-electron chi connectivity index (χ1n) is 11.3. The Balaban J connectivity index is 1.31. The minimum Gasteiger partial charge on any atom is -0.376 e. The topological polar surface area (TPSA) is 46.8 Å². The molecule has 4 aromatic rings. The van der Waals surface area contributed by atoms with Crippen molar-refractivity contribution in [3.8, 4) is 11.3 Å². The van der Waals surface area contributed by atoms with Crippen LogP contribution in [0.1, 0.15) is 24.1 Å². The molecule has 0 saturated carbocycles. The van der Waals surface area contributed by atoms with Gasteiger partial charge in [0, 0.05) is 54.0 Å². The number of aromatic nitrogens is 2. The van der Waals surface area contributed by atoms with Crippen LogP contribution < -0.4 is 0 Å². The van der Waals surface area contributed by atoms with E-state index in [0.29, 0.717) is 24.5 Å². The molecule has 1 amide bonds. The molecule has 0 spiro atoms. The van der Waals surface area contributed by atoms with E-state index >= 15 is 0 Å². The van der Waals surface area contributed by atoms with Crippen molar-refractivity contribution in [1.82, 2.24) is 14.3 Å². The minimum absolute atomic E-state index is 0.136. The van der Waals surface area contributed by atoms with E-state index in [-0.39, 0.29) is 12.0 Å². The smallest absolute Gasteiger partial charge is 0.227 e. The Bertz CT molecular complexity index is 1210. The molecule has 2 aromatic heterocycles. The molecule has 7 heteroatoms. The summed E-state index contributed by atoms with van der Waals surface area (Å²) < 4.78 is 7.97. The second-order valence-corrected chi connectivity index (χ2v) is 9.67. The van der Waals surface area contributed by atoms with Crippen molar-refractivity contribution in [3.63, 3.8) is 0 Å². The zero-order chi connectivity index (χ0) is 22.6. The number of ether oxygens (including phenoxy) is 1. The standard InChI is InChI=1S/C26H26ClN3O2S/c27-21-10-8-20(9-11-21)24-17-30-22(18-33-26(30)28-24)12-13-29(16-23-7-4-14-32-23)25(31)15-19-5-2-1-3-6-19/h1-3,5-6,8-11,17-18,23H,4,7,12-16H2. The predicted octanol–water partition coefficient (Wildman–Crippen LogP) is 5.51. The largest absolute Gasteiger partial charge is 0.376 e. The average Bonchev–Trinajstić information content (AvgIpc) is 3.56. The summed E-state index contributed by atoms with van der Waals surface area (Å²) in [6, 6.07) is 17.7. The van der Waals surface area contributed by atoms with E-state index in [4.69, 9.17) is 21.3 Å². The van der Waals surface area contributed by atoms with Gasteiger partial charge in [0.1, 0.15) is 0 Å². The van der Waals surface area contributed by atoms with Gasteiger partial charge in [-0.3, -0.25) is 9.20 Å². The van der Waals surface area contributed by atoms with Crippen LogP contribution in [-0.2, 0) is 22.4 Å². The van der Waals surface area contributed by atoms with E-state index in [0.717, 1.165) is 53.3 Å².